The van der Waals surface area contributed by atoms with E-state index in [1.165, 1.54) is 74.5 Å². The summed E-state index contributed by atoms with van der Waals surface area (Å²) in [6.45, 7) is 0. The number of hydrogen-bond acceptors (Lipinski definition) is 4. The molecule has 6 aromatic carbocycles. The van der Waals surface area contributed by atoms with E-state index in [1.54, 1.807) is 11.1 Å². The molecule has 3 nitrogen and oxygen atoms in total. The van der Waals surface area contributed by atoms with E-state index < -0.39 is 0 Å². The fourth-order valence-corrected chi connectivity index (χ4v) is 12.7. The van der Waals surface area contributed by atoms with Gasteiger partial charge in [0.1, 0.15) is 0 Å². The van der Waals surface area contributed by atoms with Crippen molar-refractivity contribution in [1.82, 2.24) is 15.0 Å². The minimum atomic E-state index is 0.152. The summed E-state index contributed by atoms with van der Waals surface area (Å²) in [7, 11) is 0. The van der Waals surface area contributed by atoms with Crippen LogP contribution in [0.5, 0.6) is 0 Å². The van der Waals surface area contributed by atoms with Crippen LogP contribution in [0, 0.1) is 23.7 Å². The van der Waals surface area contributed by atoms with Gasteiger partial charge in [0.05, 0.1) is 0 Å². The van der Waals surface area contributed by atoms with Crippen LogP contribution in [0.15, 0.2) is 140 Å². The van der Waals surface area contributed by atoms with Crippen molar-refractivity contribution in [2.24, 2.45) is 23.7 Å². The average Bonchev–Trinajstić information content (AvgIpc) is 3.74. The summed E-state index contributed by atoms with van der Waals surface area (Å²) in [5, 5.41) is 2.63. The lowest BCUT2D eigenvalue weighted by atomic mass is 9.43. The third-order valence-corrected chi connectivity index (χ3v) is 14.6. The Morgan fingerprint density at radius 2 is 1.00 bits per heavy atom. The van der Waals surface area contributed by atoms with Gasteiger partial charge >= 0.3 is 0 Å². The Labute approximate surface area is 313 Å². The van der Waals surface area contributed by atoms with Crippen LogP contribution in [0.4, 0.5) is 0 Å². The molecule has 4 bridgehead atoms. The number of aromatic nitrogens is 3. The van der Waals surface area contributed by atoms with Crippen molar-refractivity contribution < 1.29 is 0 Å². The SMILES string of the molecule is c1ccc(-c2nc(-c3ccc(-c4cccc5c4sc4ccccc45)cc3)nc(-c3ccc4c(c3)-c3ccccc3C43C4CC5CC(C4)CC3C5)n2)cc1. The van der Waals surface area contributed by atoms with Crippen molar-refractivity contribution >= 4 is 31.5 Å². The van der Waals surface area contributed by atoms with Crippen molar-refractivity contribution in [3.63, 3.8) is 0 Å². The Bertz CT molecular complexity index is 2720. The molecule has 4 saturated carbocycles. The van der Waals surface area contributed by atoms with E-state index in [-0.39, 0.29) is 5.41 Å². The summed E-state index contributed by atoms with van der Waals surface area (Å²) in [4.78, 5) is 15.5. The molecule has 4 heteroatoms. The van der Waals surface area contributed by atoms with Crippen molar-refractivity contribution in [3.05, 3.63) is 151 Å². The topological polar surface area (TPSA) is 38.7 Å². The first-order chi connectivity index (χ1) is 26.2. The Hall–Kier alpha value is -5.45. The maximum absolute atomic E-state index is 5.22. The number of hydrogen-bond donors (Lipinski definition) is 0. The second-order valence-corrected chi connectivity index (χ2v) is 17.1. The van der Waals surface area contributed by atoms with Crippen LogP contribution >= 0.6 is 11.3 Å². The minimum Gasteiger partial charge on any atom is -0.208 e. The third-order valence-electron chi connectivity index (χ3n) is 13.3. The molecular formula is C49H37N3S. The van der Waals surface area contributed by atoms with Gasteiger partial charge < -0.3 is 0 Å². The second kappa shape index (κ2) is 11.3. The molecule has 5 aliphatic carbocycles. The Morgan fingerprint density at radius 3 is 1.77 bits per heavy atom. The zero-order chi connectivity index (χ0) is 34.7. The molecule has 0 radical (unpaired) electrons. The Balaban J connectivity index is 0.978. The van der Waals surface area contributed by atoms with Crippen LogP contribution in [-0.2, 0) is 5.41 Å². The molecule has 8 aromatic rings. The van der Waals surface area contributed by atoms with E-state index in [2.05, 4.69) is 133 Å². The lowest BCUT2D eigenvalue weighted by Crippen LogP contribution is -2.55. The molecule has 4 fully saturated rings. The molecule has 0 aliphatic heterocycles. The quantitative estimate of drug-likeness (QED) is 0.184. The molecule has 53 heavy (non-hydrogen) atoms. The smallest absolute Gasteiger partial charge is 0.164 e. The van der Waals surface area contributed by atoms with Gasteiger partial charge in [-0.15, -0.1) is 11.3 Å². The van der Waals surface area contributed by atoms with Crippen LogP contribution in [0.2, 0.25) is 0 Å². The number of nitrogens with zero attached hydrogens (tertiary/aromatic N) is 3. The fraction of sp³-hybridized carbons (Fsp3) is 0.204. The highest BCUT2D eigenvalue weighted by Crippen LogP contribution is 2.69. The molecular weight excluding hydrogens is 663 g/mol. The van der Waals surface area contributed by atoms with Crippen LogP contribution < -0.4 is 0 Å². The molecule has 2 heterocycles. The van der Waals surface area contributed by atoms with E-state index in [1.807, 2.05) is 17.4 Å². The van der Waals surface area contributed by atoms with Gasteiger partial charge in [0.15, 0.2) is 17.5 Å². The van der Waals surface area contributed by atoms with E-state index in [4.69, 9.17) is 15.0 Å². The van der Waals surface area contributed by atoms with Gasteiger partial charge in [-0.3, -0.25) is 0 Å². The molecule has 13 rings (SSSR count). The fourth-order valence-electron chi connectivity index (χ4n) is 11.4. The van der Waals surface area contributed by atoms with Crippen LogP contribution in [-0.4, -0.2) is 15.0 Å². The van der Waals surface area contributed by atoms with Crippen molar-refractivity contribution in [2.45, 2.75) is 37.5 Å². The normalized spacial score (nSPS) is 23.5. The largest absolute Gasteiger partial charge is 0.208 e. The Morgan fingerprint density at radius 1 is 0.434 bits per heavy atom. The van der Waals surface area contributed by atoms with Crippen molar-refractivity contribution in [2.75, 3.05) is 0 Å². The third kappa shape index (κ3) is 4.36. The summed E-state index contributed by atoms with van der Waals surface area (Å²) in [6, 6.07) is 51.0. The first-order valence-corrected chi connectivity index (χ1v) is 20.1. The molecule has 254 valence electrons. The maximum Gasteiger partial charge on any atom is 0.164 e. The number of benzene rings is 6. The monoisotopic (exact) mass is 699 g/mol. The maximum atomic E-state index is 5.22. The predicted molar refractivity (Wildman–Crippen MR) is 218 cm³/mol. The van der Waals surface area contributed by atoms with Crippen LogP contribution in [0.1, 0.15) is 43.2 Å². The molecule has 0 saturated heterocycles. The second-order valence-electron chi connectivity index (χ2n) is 16.0. The molecule has 2 aromatic heterocycles. The van der Waals surface area contributed by atoms with E-state index >= 15 is 0 Å². The zero-order valence-electron chi connectivity index (χ0n) is 29.4. The summed E-state index contributed by atoms with van der Waals surface area (Å²) in [5.41, 5.74) is 11.6. The molecule has 0 N–H and O–H groups in total. The number of rotatable bonds is 4. The van der Waals surface area contributed by atoms with Gasteiger partial charge in [-0.25, -0.2) is 15.0 Å². The van der Waals surface area contributed by atoms with Gasteiger partial charge in [0.25, 0.3) is 0 Å². The molecule has 0 unspecified atom stereocenters. The highest BCUT2D eigenvalue weighted by atomic mass is 32.1. The van der Waals surface area contributed by atoms with Gasteiger partial charge in [0.2, 0.25) is 0 Å². The van der Waals surface area contributed by atoms with Crippen molar-refractivity contribution in [1.29, 1.82) is 0 Å². The van der Waals surface area contributed by atoms with Crippen LogP contribution in [0.25, 0.3) is 76.6 Å². The first-order valence-electron chi connectivity index (χ1n) is 19.3. The summed E-state index contributed by atoms with van der Waals surface area (Å²) in [6.07, 6.45) is 7.01. The first kappa shape index (κ1) is 30.1. The predicted octanol–water partition coefficient (Wildman–Crippen LogP) is 12.6. The molecule has 1 spiro atoms. The Kier molecular flexibility index (Phi) is 6.39. The number of thiophene rings is 1. The lowest BCUT2D eigenvalue weighted by Gasteiger charge is -2.61. The lowest BCUT2D eigenvalue weighted by molar-refractivity contribution is -0.0399. The van der Waals surface area contributed by atoms with Gasteiger partial charge in [-0.2, -0.15) is 0 Å². The highest BCUT2D eigenvalue weighted by Gasteiger charge is 2.61. The zero-order valence-corrected chi connectivity index (χ0v) is 30.2. The minimum absolute atomic E-state index is 0.152. The molecule has 0 amide bonds. The summed E-state index contributed by atoms with van der Waals surface area (Å²) < 4.78 is 2.64. The highest BCUT2D eigenvalue weighted by molar-refractivity contribution is 7.26. The van der Waals surface area contributed by atoms with Gasteiger partial charge in [-0.1, -0.05) is 127 Å². The number of fused-ring (bicyclic) bond motifs is 6. The average molecular weight is 700 g/mol. The standard InChI is InChI=1S/C49H37N3S/c1-2-9-32(10-3-1)46-50-47(33-19-17-31(18-20-33)37-13-8-14-40-39-12-5-7-16-44(39)53-45(37)40)52-48(51-46)34-21-22-43-41(28-34)38-11-4-6-15-42(38)49(43)35-24-29-23-30(26-35)27-36(49)25-29/h1-22,28-30,35-36H,23-27H2. The van der Waals surface area contributed by atoms with Gasteiger partial charge in [0, 0.05) is 42.3 Å². The van der Waals surface area contributed by atoms with Crippen molar-refractivity contribution in [3.8, 4) is 56.4 Å². The van der Waals surface area contributed by atoms with Crippen LogP contribution in [0.3, 0.4) is 0 Å². The van der Waals surface area contributed by atoms with E-state index in [0.29, 0.717) is 11.6 Å². The van der Waals surface area contributed by atoms with E-state index in [0.717, 1.165) is 46.2 Å². The summed E-state index contributed by atoms with van der Waals surface area (Å²) >= 11 is 1.87. The molecule has 0 atom stereocenters. The van der Waals surface area contributed by atoms with E-state index in [9.17, 15) is 0 Å². The van der Waals surface area contributed by atoms with Gasteiger partial charge in [-0.05, 0) is 101 Å². The summed E-state index contributed by atoms with van der Waals surface area (Å²) in [5.74, 6) is 5.46. The molecule has 5 aliphatic rings.